The van der Waals surface area contributed by atoms with Gasteiger partial charge in [-0.25, -0.2) is 0 Å². The minimum absolute atomic E-state index is 0.0800. The molecule has 0 aromatic heterocycles. The van der Waals surface area contributed by atoms with E-state index in [1.54, 1.807) is 0 Å². The fourth-order valence-electron chi connectivity index (χ4n) is 10.2. The second kappa shape index (κ2) is 70.8. The number of hydrogen-bond donors (Lipinski definition) is 0. The average Bonchev–Trinajstić information content (AvgIpc) is 3.48. The first-order valence-electron chi connectivity index (χ1n) is 35.7. The highest BCUT2D eigenvalue weighted by atomic mass is 16.6. The second-order valence-electron chi connectivity index (χ2n) is 23.8. The summed E-state index contributed by atoms with van der Waals surface area (Å²) in [6.45, 7) is 6.51. The van der Waals surface area contributed by atoms with Crippen LogP contribution < -0.4 is 0 Å². The predicted molar refractivity (Wildman–Crippen MR) is 362 cm³/mol. The molecule has 0 bridgehead atoms. The van der Waals surface area contributed by atoms with Gasteiger partial charge >= 0.3 is 17.9 Å². The van der Waals surface area contributed by atoms with Crippen molar-refractivity contribution < 1.29 is 28.6 Å². The van der Waals surface area contributed by atoms with E-state index >= 15 is 0 Å². The van der Waals surface area contributed by atoms with Crippen LogP contribution in [0.1, 0.15) is 355 Å². The van der Waals surface area contributed by atoms with Crippen molar-refractivity contribution in [2.24, 2.45) is 0 Å². The molecule has 1 atom stereocenters. The minimum atomic E-state index is -0.785. The van der Waals surface area contributed by atoms with E-state index in [1.165, 1.54) is 205 Å². The normalized spacial score (nSPS) is 12.7. The van der Waals surface area contributed by atoms with Crippen molar-refractivity contribution in [3.63, 3.8) is 0 Å². The number of unbranched alkanes of at least 4 members (excludes halogenated alkanes) is 38. The van der Waals surface area contributed by atoms with E-state index in [0.29, 0.717) is 19.3 Å². The highest BCUT2D eigenvalue weighted by Gasteiger charge is 2.19. The lowest BCUT2D eigenvalue weighted by Gasteiger charge is -2.18. The van der Waals surface area contributed by atoms with Crippen molar-refractivity contribution in [2.75, 3.05) is 13.2 Å². The van der Waals surface area contributed by atoms with Crippen molar-refractivity contribution in [2.45, 2.75) is 361 Å². The molecule has 0 aromatic rings. The van der Waals surface area contributed by atoms with E-state index in [2.05, 4.69) is 118 Å². The Labute approximate surface area is 515 Å². The van der Waals surface area contributed by atoms with Crippen LogP contribution >= 0.6 is 0 Å². The van der Waals surface area contributed by atoms with Crippen LogP contribution in [0.3, 0.4) is 0 Å². The largest absolute Gasteiger partial charge is 0.462 e. The third-order valence-electron chi connectivity index (χ3n) is 15.5. The van der Waals surface area contributed by atoms with E-state index in [4.69, 9.17) is 14.2 Å². The minimum Gasteiger partial charge on any atom is -0.462 e. The monoisotopic (exact) mass is 1160 g/mol. The van der Waals surface area contributed by atoms with Crippen LogP contribution in [0.2, 0.25) is 0 Å². The van der Waals surface area contributed by atoms with E-state index < -0.39 is 6.10 Å². The number of carbonyl (C=O) groups excluding carboxylic acids is 3. The number of rotatable bonds is 65. The van der Waals surface area contributed by atoms with Gasteiger partial charge in [-0.3, -0.25) is 14.4 Å². The smallest absolute Gasteiger partial charge is 0.306 e. The van der Waals surface area contributed by atoms with Gasteiger partial charge in [0.15, 0.2) is 6.10 Å². The quantitative estimate of drug-likeness (QED) is 0.0261. The lowest BCUT2D eigenvalue weighted by Crippen LogP contribution is -2.30. The zero-order valence-electron chi connectivity index (χ0n) is 54.9. The SMILES string of the molecule is CC/C=C\C/C=C\C/C=C\C/C=C\C/C=C\CCCCCCCCCCCC(=O)OC(COC(=O)CCCCCCC/C=C\CCCC)COC(=O)CCCCCCCCCCCCCCCCCCC/C=C\C/C=C\CCCCCCC. The van der Waals surface area contributed by atoms with Gasteiger partial charge in [-0.2, -0.15) is 0 Å². The molecule has 0 rings (SSSR count). The van der Waals surface area contributed by atoms with Crippen molar-refractivity contribution in [3.8, 4) is 0 Å². The van der Waals surface area contributed by atoms with E-state index in [1.807, 2.05) is 0 Å². The fourth-order valence-corrected chi connectivity index (χ4v) is 10.2. The summed E-state index contributed by atoms with van der Waals surface area (Å²) in [5, 5.41) is 0. The molecule has 6 nitrogen and oxygen atoms in total. The third-order valence-corrected chi connectivity index (χ3v) is 15.5. The maximum atomic E-state index is 12.9. The summed E-state index contributed by atoms with van der Waals surface area (Å²) in [4.78, 5) is 38.4. The van der Waals surface area contributed by atoms with Gasteiger partial charge in [0, 0.05) is 19.3 Å². The van der Waals surface area contributed by atoms with Gasteiger partial charge in [0.05, 0.1) is 0 Å². The lowest BCUT2D eigenvalue weighted by atomic mass is 10.0. The lowest BCUT2D eigenvalue weighted by molar-refractivity contribution is -0.167. The van der Waals surface area contributed by atoms with Gasteiger partial charge in [0.1, 0.15) is 13.2 Å². The molecule has 0 saturated heterocycles. The maximum Gasteiger partial charge on any atom is 0.306 e. The molecule has 0 radical (unpaired) electrons. The fraction of sp³-hybridized carbons (Fsp3) is 0.753. The first kappa shape index (κ1) is 79.3. The van der Waals surface area contributed by atoms with E-state index in [0.717, 1.165) is 109 Å². The predicted octanol–water partition coefficient (Wildman–Crippen LogP) is 24.8. The Morgan fingerprint density at radius 3 is 0.783 bits per heavy atom. The maximum absolute atomic E-state index is 12.9. The first-order valence-corrected chi connectivity index (χ1v) is 35.7. The molecule has 0 heterocycles. The summed E-state index contributed by atoms with van der Waals surface area (Å²) in [5.74, 6) is -0.882. The molecule has 1 unspecified atom stereocenters. The van der Waals surface area contributed by atoms with Crippen molar-refractivity contribution in [1.82, 2.24) is 0 Å². The van der Waals surface area contributed by atoms with Crippen LogP contribution in [-0.2, 0) is 28.6 Å². The van der Waals surface area contributed by atoms with Gasteiger partial charge in [0.2, 0.25) is 0 Å². The number of ether oxygens (including phenoxy) is 3. The zero-order chi connectivity index (χ0) is 59.9. The summed E-state index contributed by atoms with van der Waals surface area (Å²) >= 11 is 0. The Morgan fingerprint density at radius 2 is 0.482 bits per heavy atom. The van der Waals surface area contributed by atoms with Gasteiger partial charge in [0.25, 0.3) is 0 Å². The van der Waals surface area contributed by atoms with E-state index in [-0.39, 0.29) is 31.1 Å². The van der Waals surface area contributed by atoms with Crippen LogP contribution in [0.4, 0.5) is 0 Å². The highest BCUT2D eigenvalue weighted by Crippen LogP contribution is 2.17. The average molecular weight is 1160 g/mol. The number of esters is 3. The first-order chi connectivity index (χ1) is 41.0. The van der Waals surface area contributed by atoms with Crippen LogP contribution in [0, 0.1) is 0 Å². The van der Waals surface area contributed by atoms with Crippen LogP contribution in [0.15, 0.2) is 97.2 Å². The zero-order valence-corrected chi connectivity index (χ0v) is 54.9. The number of allylic oxidation sites excluding steroid dienone is 16. The molecular formula is C77H134O6. The van der Waals surface area contributed by atoms with Crippen LogP contribution in [-0.4, -0.2) is 37.2 Å². The van der Waals surface area contributed by atoms with Crippen LogP contribution in [0.5, 0.6) is 0 Å². The number of carbonyl (C=O) groups is 3. The Bertz CT molecular complexity index is 1610. The van der Waals surface area contributed by atoms with Crippen molar-refractivity contribution in [3.05, 3.63) is 97.2 Å². The Morgan fingerprint density at radius 1 is 0.253 bits per heavy atom. The van der Waals surface area contributed by atoms with Crippen LogP contribution in [0.25, 0.3) is 0 Å². The molecule has 0 amide bonds. The molecule has 0 aromatic carbocycles. The molecule has 0 aliphatic heterocycles. The molecular weight excluding hydrogens is 1020 g/mol. The summed E-state index contributed by atoms with van der Waals surface area (Å²) in [6.07, 6.45) is 95.9. The molecule has 0 aliphatic carbocycles. The molecule has 0 fully saturated rings. The molecule has 0 aliphatic rings. The summed E-state index contributed by atoms with van der Waals surface area (Å²) in [6, 6.07) is 0. The second-order valence-corrected chi connectivity index (χ2v) is 23.8. The molecule has 478 valence electrons. The molecule has 83 heavy (non-hydrogen) atoms. The Hall–Kier alpha value is -3.67. The topological polar surface area (TPSA) is 78.9 Å². The van der Waals surface area contributed by atoms with Crippen molar-refractivity contribution >= 4 is 17.9 Å². The molecule has 6 heteroatoms. The number of hydrogen-bond acceptors (Lipinski definition) is 6. The standard InChI is InChI=1S/C77H134O6/c1-4-7-10-13-16-19-22-24-26-28-30-32-34-36-37-38-39-41-42-44-46-48-50-52-55-58-61-64-67-70-76(79)82-73-74(72-81-75(78)69-66-63-60-57-54-21-18-15-12-9-6-3)83-77(80)71-68-65-62-59-56-53-51-49-47-45-43-40-35-33-31-29-27-25-23-20-17-14-11-8-5-2/h8,11,15,17-18,20,22,24-25,27-28,30-31,33,40,43,74H,4-7,9-10,12-14,16,19,21,23,26,29,32,34-39,41-42,44-73H2,1-3H3/b11-8-,18-15-,20-17-,24-22-,27-25-,30-28-,33-31-,43-40-. The highest BCUT2D eigenvalue weighted by molar-refractivity contribution is 5.71. The summed E-state index contributed by atoms with van der Waals surface area (Å²) in [7, 11) is 0. The molecule has 0 N–H and O–H groups in total. The summed E-state index contributed by atoms with van der Waals surface area (Å²) < 4.78 is 17.0. The van der Waals surface area contributed by atoms with Gasteiger partial charge in [-0.05, 0) is 116 Å². The molecule has 0 saturated carbocycles. The Balaban J connectivity index is 4.21. The van der Waals surface area contributed by atoms with Gasteiger partial charge in [-0.15, -0.1) is 0 Å². The van der Waals surface area contributed by atoms with E-state index in [9.17, 15) is 14.4 Å². The Kier molecular flexibility index (Phi) is 67.7. The third kappa shape index (κ3) is 69.0. The van der Waals surface area contributed by atoms with Crippen molar-refractivity contribution in [1.29, 1.82) is 0 Å². The van der Waals surface area contributed by atoms with Gasteiger partial charge < -0.3 is 14.2 Å². The summed E-state index contributed by atoms with van der Waals surface area (Å²) in [5.41, 5.74) is 0. The van der Waals surface area contributed by atoms with Gasteiger partial charge in [-0.1, -0.05) is 317 Å². The molecule has 0 spiro atoms.